The predicted octanol–water partition coefficient (Wildman–Crippen LogP) is 4.57. The molecule has 0 saturated heterocycles. The highest BCUT2D eigenvalue weighted by Gasteiger charge is 2.33. The Hall–Kier alpha value is -2.71. The molecule has 29 heavy (non-hydrogen) atoms. The molecule has 3 heterocycles. The minimum Gasteiger partial charge on any atom is -0.446 e. The average Bonchev–Trinajstić information content (AvgIpc) is 3.30. The van der Waals surface area contributed by atoms with Gasteiger partial charge in [-0.2, -0.15) is 5.10 Å². The van der Waals surface area contributed by atoms with Crippen LogP contribution in [-0.2, 0) is 10.7 Å². The maximum absolute atomic E-state index is 14.6. The molecule has 4 rings (SSSR count). The fraction of sp³-hybridized carbons (Fsp3) is 0.550. The van der Waals surface area contributed by atoms with Gasteiger partial charge in [0.2, 0.25) is 0 Å². The lowest BCUT2D eigenvalue weighted by atomic mass is 10.0. The van der Waals surface area contributed by atoms with E-state index in [0.717, 1.165) is 25.0 Å². The third-order valence-corrected chi connectivity index (χ3v) is 5.62. The molecule has 0 unspecified atom stereocenters. The van der Waals surface area contributed by atoms with Crippen molar-refractivity contribution in [2.24, 2.45) is 0 Å². The number of halogens is 2. The summed E-state index contributed by atoms with van der Waals surface area (Å²) in [6.07, 6.45) is 4.83. The summed E-state index contributed by atoms with van der Waals surface area (Å²) in [5, 5.41) is 13.0. The summed E-state index contributed by atoms with van der Waals surface area (Å²) in [5.41, 5.74) is 1.26. The van der Waals surface area contributed by atoms with E-state index in [1.54, 1.807) is 6.92 Å². The van der Waals surface area contributed by atoms with Crippen LogP contribution in [0.25, 0.3) is 0 Å². The second-order valence-electron chi connectivity index (χ2n) is 7.98. The number of carbonyl (C=O) groups excluding carboxylic acids is 1. The average molecular weight is 405 g/mol. The van der Waals surface area contributed by atoms with Crippen molar-refractivity contribution in [3.05, 3.63) is 35.8 Å². The van der Waals surface area contributed by atoms with Crippen LogP contribution in [0.15, 0.2) is 24.5 Å². The number of hydrogen-bond donors (Lipinski definition) is 3. The van der Waals surface area contributed by atoms with Crippen molar-refractivity contribution >= 4 is 17.6 Å². The number of nitrogens with one attached hydrogen (secondary N) is 3. The zero-order chi connectivity index (χ0) is 20.4. The van der Waals surface area contributed by atoms with E-state index in [9.17, 15) is 13.6 Å². The Morgan fingerprint density at radius 2 is 2.07 bits per heavy atom. The van der Waals surface area contributed by atoms with E-state index < -0.39 is 12.0 Å². The molecule has 3 atom stereocenters. The Balaban J connectivity index is 1.58. The number of anilines is 2. The number of rotatable bonds is 0. The number of pyridine rings is 1. The van der Waals surface area contributed by atoms with E-state index in [4.69, 9.17) is 4.74 Å². The van der Waals surface area contributed by atoms with Crippen molar-refractivity contribution in [3.63, 3.8) is 0 Å². The number of hydrogen-bond acceptors (Lipinski definition) is 5. The molecule has 2 aliphatic rings. The molecule has 156 valence electrons. The number of aromatic amines is 1. The summed E-state index contributed by atoms with van der Waals surface area (Å²) in [4.78, 5) is 16.1. The number of amides is 1. The standard InChI is InChI=1S/C20H25F2N5O2/c1-12-3-2-6-20(21,22)14-8-15(11-23-10-14)25-18-9-17(26-27-18)13-4-5-16(7-13)29-19(28)24-12/h8-13,16H,2-7H2,1H3,(H,24,28)(H2,25,26,27)/t12-,13-,16+/m0/s1. The molecule has 0 aromatic carbocycles. The smallest absolute Gasteiger partial charge is 0.407 e. The lowest BCUT2D eigenvalue weighted by Crippen LogP contribution is -2.35. The molecule has 2 aromatic rings. The number of nitrogens with zero attached hydrogens (tertiary/aromatic N) is 2. The van der Waals surface area contributed by atoms with Crippen LogP contribution in [0.5, 0.6) is 0 Å². The molecule has 3 N–H and O–H groups in total. The van der Waals surface area contributed by atoms with Gasteiger partial charge in [0.05, 0.1) is 11.9 Å². The van der Waals surface area contributed by atoms with Crippen LogP contribution >= 0.6 is 0 Å². The van der Waals surface area contributed by atoms with Gasteiger partial charge in [-0.15, -0.1) is 0 Å². The van der Waals surface area contributed by atoms with Gasteiger partial charge >= 0.3 is 6.09 Å². The predicted molar refractivity (Wildman–Crippen MR) is 103 cm³/mol. The topological polar surface area (TPSA) is 91.9 Å². The lowest BCUT2D eigenvalue weighted by Gasteiger charge is -2.20. The first-order valence-electron chi connectivity index (χ1n) is 10.0. The fourth-order valence-electron chi connectivity index (χ4n) is 4.03. The van der Waals surface area contributed by atoms with Crippen LogP contribution in [0.4, 0.5) is 25.1 Å². The Labute approximate surface area is 167 Å². The third-order valence-electron chi connectivity index (χ3n) is 5.62. The van der Waals surface area contributed by atoms with Crippen LogP contribution in [0.2, 0.25) is 0 Å². The zero-order valence-corrected chi connectivity index (χ0v) is 16.3. The summed E-state index contributed by atoms with van der Waals surface area (Å²) in [7, 11) is 0. The maximum atomic E-state index is 14.6. The molecule has 2 aromatic heterocycles. The Morgan fingerprint density at radius 1 is 1.21 bits per heavy atom. The molecule has 1 fully saturated rings. The molecule has 0 spiro atoms. The van der Waals surface area contributed by atoms with Gasteiger partial charge in [0.25, 0.3) is 5.92 Å². The molecular formula is C20H25F2N5O2. The summed E-state index contributed by atoms with van der Waals surface area (Å²) < 4.78 is 34.8. The highest BCUT2D eigenvalue weighted by molar-refractivity contribution is 5.67. The highest BCUT2D eigenvalue weighted by atomic mass is 19.3. The number of alkyl carbamates (subject to hydrolysis) is 1. The van der Waals surface area contributed by atoms with Crippen LogP contribution in [0, 0.1) is 0 Å². The zero-order valence-electron chi connectivity index (χ0n) is 16.3. The molecule has 1 aliphatic heterocycles. The summed E-state index contributed by atoms with van der Waals surface area (Å²) >= 11 is 0. The van der Waals surface area contributed by atoms with Gasteiger partial charge in [-0.05, 0) is 45.1 Å². The monoisotopic (exact) mass is 405 g/mol. The summed E-state index contributed by atoms with van der Waals surface area (Å²) in [6.45, 7) is 1.80. The van der Waals surface area contributed by atoms with Crippen LogP contribution in [0.3, 0.4) is 0 Å². The number of fused-ring (bicyclic) bond motifs is 7. The first-order chi connectivity index (χ1) is 13.9. The second-order valence-corrected chi connectivity index (χ2v) is 7.98. The van der Waals surface area contributed by atoms with Crippen molar-refractivity contribution in [2.75, 3.05) is 5.32 Å². The number of carbonyl (C=O) groups is 1. The molecular weight excluding hydrogens is 380 g/mol. The van der Waals surface area contributed by atoms with Crippen molar-refractivity contribution in [1.29, 1.82) is 0 Å². The van der Waals surface area contributed by atoms with Crippen LogP contribution in [-0.4, -0.2) is 33.4 Å². The normalized spacial score (nSPS) is 27.1. The summed E-state index contributed by atoms with van der Waals surface area (Å²) in [5.74, 6) is -2.26. The molecule has 6 bridgehead atoms. The van der Waals surface area contributed by atoms with Gasteiger partial charge in [0.15, 0.2) is 5.82 Å². The van der Waals surface area contributed by atoms with Crippen LogP contribution < -0.4 is 10.6 Å². The van der Waals surface area contributed by atoms with Crippen molar-refractivity contribution in [2.45, 2.75) is 69.4 Å². The van der Waals surface area contributed by atoms with E-state index in [2.05, 4.69) is 25.8 Å². The van der Waals surface area contributed by atoms with E-state index in [1.807, 2.05) is 6.07 Å². The number of H-pyrrole nitrogens is 1. The highest BCUT2D eigenvalue weighted by Crippen LogP contribution is 2.37. The third kappa shape index (κ3) is 4.65. The van der Waals surface area contributed by atoms with Gasteiger partial charge < -0.3 is 15.4 Å². The molecule has 0 radical (unpaired) electrons. The quantitative estimate of drug-likeness (QED) is 0.597. The van der Waals surface area contributed by atoms with Crippen molar-refractivity contribution in [3.8, 4) is 0 Å². The van der Waals surface area contributed by atoms with E-state index in [1.165, 1.54) is 18.5 Å². The number of ether oxygens (including phenoxy) is 1. The Kier molecular flexibility index (Phi) is 5.38. The molecule has 7 nitrogen and oxygen atoms in total. The molecule has 1 saturated carbocycles. The molecule has 9 heteroatoms. The minimum atomic E-state index is -3.01. The molecule has 1 amide bonds. The van der Waals surface area contributed by atoms with Gasteiger partial charge in [-0.1, -0.05) is 0 Å². The van der Waals surface area contributed by atoms with Crippen molar-refractivity contribution < 1.29 is 18.3 Å². The van der Waals surface area contributed by atoms with Gasteiger partial charge in [0, 0.05) is 41.9 Å². The van der Waals surface area contributed by atoms with E-state index >= 15 is 0 Å². The first-order valence-corrected chi connectivity index (χ1v) is 10.0. The SMILES string of the molecule is C[C@H]1CCCC(F)(F)c2cncc(c2)Nc2cc([nH]n2)[C@H]2CC[C@H](C2)OC(=O)N1. The maximum Gasteiger partial charge on any atom is 0.407 e. The van der Waals surface area contributed by atoms with Crippen molar-refractivity contribution in [1.82, 2.24) is 20.5 Å². The second kappa shape index (κ2) is 7.96. The van der Waals surface area contributed by atoms with Gasteiger partial charge in [-0.3, -0.25) is 10.1 Å². The summed E-state index contributed by atoms with van der Waals surface area (Å²) in [6, 6.07) is 3.04. The molecule has 1 aliphatic carbocycles. The largest absolute Gasteiger partial charge is 0.446 e. The van der Waals surface area contributed by atoms with Gasteiger partial charge in [0.1, 0.15) is 6.10 Å². The van der Waals surface area contributed by atoms with Crippen LogP contribution in [0.1, 0.15) is 62.6 Å². The Bertz CT molecular complexity index is 872. The number of alkyl halides is 2. The van der Waals surface area contributed by atoms with Gasteiger partial charge in [-0.25, -0.2) is 13.6 Å². The fourth-order valence-corrected chi connectivity index (χ4v) is 4.03. The minimum absolute atomic E-state index is 0.141. The van der Waals surface area contributed by atoms with E-state index in [-0.39, 0.29) is 36.5 Å². The number of aromatic nitrogens is 3. The first kappa shape index (κ1) is 19.6. The van der Waals surface area contributed by atoms with E-state index in [0.29, 0.717) is 17.9 Å². The lowest BCUT2D eigenvalue weighted by molar-refractivity contribution is -0.0164. The Morgan fingerprint density at radius 3 is 2.93 bits per heavy atom.